The average molecular weight is 386 g/mol. The second-order valence-electron chi connectivity index (χ2n) is 8.07. The average Bonchev–Trinajstić information content (AvgIpc) is 3.30. The van der Waals surface area contributed by atoms with E-state index in [2.05, 4.69) is 15.5 Å². The molecule has 1 aromatic carbocycles. The van der Waals surface area contributed by atoms with Crippen LogP contribution in [0.2, 0.25) is 0 Å². The van der Waals surface area contributed by atoms with E-state index in [1.165, 1.54) is 0 Å². The van der Waals surface area contributed by atoms with Gasteiger partial charge in [0.05, 0.1) is 25.3 Å². The molecule has 8 nitrogen and oxygen atoms in total. The van der Waals surface area contributed by atoms with Gasteiger partial charge in [-0.2, -0.15) is 0 Å². The van der Waals surface area contributed by atoms with Gasteiger partial charge in [-0.3, -0.25) is 0 Å². The molecule has 0 bridgehead atoms. The molecule has 1 unspecified atom stereocenters. The highest BCUT2D eigenvalue weighted by atomic mass is 16.6. The maximum atomic E-state index is 12.9. The minimum Gasteiger partial charge on any atom is -0.421 e. The van der Waals surface area contributed by atoms with E-state index in [-0.39, 0.29) is 6.03 Å². The lowest BCUT2D eigenvalue weighted by atomic mass is 9.95. The third-order valence-corrected chi connectivity index (χ3v) is 5.05. The molecule has 3 heterocycles. The highest BCUT2D eigenvalue weighted by molar-refractivity contribution is 5.89. The number of carbonyl (C=O) groups is 1. The van der Waals surface area contributed by atoms with Gasteiger partial charge in [0.1, 0.15) is 5.60 Å². The minimum absolute atomic E-state index is 0.138. The first-order chi connectivity index (χ1) is 13.4. The molecule has 1 spiro atoms. The van der Waals surface area contributed by atoms with Crippen LogP contribution < -0.4 is 5.32 Å². The molecule has 2 aromatic rings. The van der Waals surface area contributed by atoms with Gasteiger partial charge in [0, 0.05) is 30.7 Å². The van der Waals surface area contributed by atoms with Crippen molar-refractivity contribution in [2.75, 3.05) is 31.6 Å². The number of hydrogen-bond acceptors (Lipinski definition) is 6. The van der Waals surface area contributed by atoms with Gasteiger partial charge in [-0.05, 0) is 38.1 Å². The van der Waals surface area contributed by atoms with Crippen molar-refractivity contribution in [3.05, 3.63) is 30.2 Å². The Hall–Kier alpha value is -2.45. The van der Waals surface area contributed by atoms with Crippen molar-refractivity contribution < 1.29 is 18.7 Å². The van der Waals surface area contributed by atoms with E-state index >= 15 is 0 Å². The Morgan fingerprint density at radius 2 is 2.00 bits per heavy atom. The number of aromatic nitrogens is 2. The Bertz CT molecular complexity index is 840. The topological polar surface area (TPSA) is 89.7 Å². The van der Waals surface area contributed by atoms with E-state index in [1.807, 2.05) is 49.9 Å². The minimum atomic E-state index is -0.415. The summed E-state index contributed by atoms with van der Waals surface area (Å²) in [7, 11) is 0. The van der Waals surface area contributed by atoms with E-state index in [9.17, 15) is 4.79 Å². The largest absolute Gasteiger partial charge is 0.421 e. The fraction of sp³-hybridized carbons (Fsp3) is 0.550. The maximum absolute atomic E-state index is 12.9. The van der Waals surface area contributed by atoms with E-state index in [0.717, 1.165) is 12.0 Å². The van der Waals surface area contributed by atoms with Crippen LogP contribution in [0.4, 0.5) is 10.5 Å². The van der Waals surface area contributed by atoms with Crippen LogP contribution in [0, 0.1) is 0 Å². The van der Waals surface area contributed by atoms with Crippen molar-refractivity contribution in [1.29, 1.82) is 0 Å². The number of nitrogens with zero attached hydrogens (tertiary/aromatic N) is 3. The van der Waals surface area contributed by atoms with Crippen molar-refractivity contribution in [3.63, 3.8) is 0 Å². The van der Waals surface area contributed by atoms with Gasteiger partial charge in [-0.15, -0.1) is 10.2 Å². The van der Waals surface area contributed by atoms with Crippen LogP contribution in [0.15, 0.2) is 28.7 Å². The van der Waals surface area contributed by atoms with Crippen molar-refractivity contribution in [2.45, 2.75) is 44.8 Å². The first-order valence-corrected chi connectivity index (χ1v) is 9.65. The summed E-state index contributed by atoms with van der Waals surface area (Å²) >= 11 is 0. The first kappa shape index (κ1) is 18.9. The monoisotopic (exact) mass is 386 g/mol. The zero-order valence-electron chi connectivity index (χ0n) is 16.5. The van der Waals surface area contributed by atoms with Crippen LogP contribution in [0.1, 0.15) is 33.1 Å². The fourth-order valence-electron chi connectivity index (χ4n) is 3.86. The van der Waals surface area contributed by atoms with Crippen LogP contribution in [-0.4, -0.2) is 58.6 Å². The summed E-state index contributed by atoms with van der Waals surface area (Å²) in [6.45, 7) is 8.24. The molecule has 28 heavy (non-hydrogen) atoms. The Kier molecular flexibility index (Phi) is 4.84. The molecule has 2 amide bonds. The zero-order valence-corrected chi connectivity index (χ0v) is 16.5. The van der Waals surface area contributed by atoms with Crippen LogP contribution in [-0.2, 0) is 15.9 Å². The number of amides is 2. The standard InChI is InChI=1S/C20H26N4O4/c1-4-16-22-23-17(27-16)14-5-7-15(8-6-14)21-18(25)24-11-19(2,3)28-20(12-24)9-10-26-13-20/h5-8H,4,9-13H2,1-3H3,(H,21,25). The molecule has 150 valence electrons. The zero-order chi connectivity index (χ0) is 19.8. The normalized spacial score (nSPS) is 23.9. The lowest BCUT2D eigenvalue weighted by molar-refractivity contribution is -0.185. The van der Waals surface area contributed by atoms with Gasteiger partial charge in [-0.25, -0.2) is 4.79 Å². The quantitative estimate of drug-likeness (QED) is 0.872. The predicted octanol–water partition coefficient (Wildman–Crippen LogP) is 3.10. The van der Waals surface area contributed by atoms with Gasteiger partial charge in [0.15, 0.2) is 0 Å². The smallest absolute Gasteiger partial charge is 0.322 e. The van der Waals surface area contributed by atoms with E-state index in [0.29, 0.717) is 50.2 Å². The number of rotatable bonds is 3. The lowest BCUT2D eigenvalue weighted by Gasteiger charge is -2.47. The van der Waals surface area contributed by atoms with Crippen molar-refractivity contribution in [3.8, 4) is 11.5 Å². The maximum Gasteiger partial charge on any atom is 0.322 e. The Balaban J connectivity index is 1.44. The summed E-state index contributed by atoms with van der Waals surface area (Å²) in [4.78, 5) is 14.7. The van der Waals surface area contributed by atoms with Crippen molar-refractivity contribution in [2.24, 2.45) is 0 Å². The Morgan fingerprint density at radius 3 is 2.64 bits per heavy atom. The highest BCUT2D eigenvalue weighted by Gasteiger charge is 2.48. The molecule has 8 heteroatoms. The van der Waals surface area contributed by atoms with E-state index in [4.69, 9.17) is 13.9 Å². The number of ether oxygens (including phenoxy) is 2. The molecule has 1 atom stereocenters. The molecule has 0 radical (unpaired) electrons. The molecule has 2 saturated heterocycles. The van der Waals surface area contributed by atoms with Crippen LogP contribution in [0.25, 0.3) is 11.5 Å². The van der Waals surface area contributed by atoms with Crippen LogP contribution in [0.5, 0.6) is 0 Å². The summed E-state index contributed by atoms with van der Waals surface area (Å²) in [6, 6.07) is 7.25. The molecule has 1 N–H and O–H groups in total. The van der Waals surface area contributed by atoms with Gasteiger partial charge in [0.2, 0.25) is 11.8 Å². The van der Waals surface area contributed by atoms with Crippen LogP contribution in [0.3, 0.4) is 0 Å². The summed E-state index contributed by atoms with van der Waals surface area (Å²) in [6.07, 6.45) is 1.50. The molecule has 2 aliphatic heterocycles. The highest BCUT2D eigenvalue weighted by Crippen LogP contribution is 2.35. The third-order valence-electron chi connectivity index (χ3n) is 5.05. The van der Waals surface area contributed by atoms with Gasteiger partial charge >= 0.3 is 6.03 Å². The summed E-state index contributed by atoms with van der Waals surface area (Å²) in [5, 5.41) is 11.0. The number of carbonyl (C=O) groups excluding carboxylic acids is 1. The number of urea groups is 1. The van der Waals surface area contributed by atoms with Gasteiger partial charge in [0.25, 0.3) is 0 Å². The predicted molar refractivity (Wildman–Crippen MR) is 103 cm³/mol. The Labute approximate surface area is 164 Å². The van der Waals surface area contributed by atoms with Crippen molar-refractivity contribution in [1.82, 2.24) is 15.1 Å². The van der Waals surface area contributed by atoms with Crippen molar-refractivity contribution >= 4 is 11.7 Å². The number of anilines is 1. The molecule has 1 aromatic heterocycles. The number of nitrogens with one attached hydrogen (secondary N) is 1. The summed E-state index contributed by atoms with van der Waals surface area (Å²) in [5.74, 6) is 1.08. The number of aryl methyl sites for hydroxylation is 1. The van der Waals surface area contributed by atoms with Gasteiger partial charge in [-0.1, -0.05) is 6.92 Å². The molecular formula is C20H26N4O4. The van der Waals surface area contributed by atoms with E-state index < -0.39 is 11.2 Å². The lowest BCUT2D eigenvalue weighted by Crippen LogP contribution is -2.62. The Morgan fingerprint density at radius 1 is 1.21 bits per heavy atom. The van der Waals surface area contributed by atoms with Crippen LogP contribution >= 0.6 is 0 Å². The second kappa shape index (κ2) is 7.18. The fourth-order valence-corrected chi connectivity index (χ4v) is 3.86. The molecule has 0 saturated carbocycles. The summed E-state index contributed by atoms with van der Waals surface area (Å²) < 4.78 is 17.4. The number of benzene rings is 1. The molecule has 0 aliphatic carbocycles. The first-order valence-electron chi connectivity index (χ1n) is 9.65. The molecular weight excluding hydrogens is 360 g/mol. The molecule has 2 aliphatic rings. The number of morpholine rings is 1. The summed E-state index contributed by atoms with van der Waals surface area (Å²) in [5.41, 5.74) is 0.713. The third kappa shape index (κ3) is 3.88. The molecule has 4 rings (SSSR count). The second-order valence-corrected chi connectivity index (χ2v) is 8.07. The van der Waals surface area contributed by atoms with E-state index in [1.54, 1.807) is 0 Å². The van der Waals surface area contributed by atoms with Gasteiger partial charge < -0.3 is 24.1 Å². The number of hydrogen-bond donors (Lipinski definition) is 1. The molecule has 2 fully saturated rings. The SMILES string of the molecule is CCc1nnc(-c2ccc(NC(=O)N3CC(C)(C)OC4(CCOC4)C3)cc2)o1.